The van der Waals surface area contributed by atoms with E-state index in [0.29, 0.717) is 35.2 Å². The highest BCUT2D eigenvalue weighted by molar-refractivity contribution is 6.31. The molecule has 1 aliphatic heterocycles. The van der Waals surface area contributed by atoms with E-state index in [4.69, 9.17) is 16.9 Å². The molecule has 0 unspecified atom stereocenters. The van der Waals surface area contributed by atoms with Crippen molar-refractivity contribution in [2.75, 3.05) is 18.0 Å². The molecule has 106 valence electrons. The molecule has 1 saturated heterocycles. The Balaban J connectivity index is 1.81. The van der Waals surface area contributed by atoms with E-state index in [1.165, 1.54) is 12.1 Å². The van der Waals surface area contributed by atoms with Crippen molar-refractivity contribution in [3.8, 4) is 11.8 Å². The zero-order chi connectivity index (χ0) is 15.0. The highest BCUT2D eigenvalue weighted by Crippen LogP contribution is 2.39. The summed E-state index contributed by atoms with van der Waals surface area (Å²) >= 11 is 6.07. The van der Waals surface area contributed by atoms with E-state index in [-0.39, 0.29) is 5.75 Å². The van der Waals surface area contributed by atoms with Crippen LogP contribution in [0.2, 0.25) is 5.02 Å². The van der Waals surface area contributed by atoms with Crippen LogP contribution in [-0.4, -0.2) is 28.3 Å². The fraction of sp³-hybridized carbons (Fsp3) is 0.200. The molecule has 1 aliphatic rings. The third kappa shape index (κ3) is 2.40. The number of benzene rings is 1. The van der Waals surface area contributed by atoms with Crippen LogP contribution in [0.15, 0.2) is 36.4 Å². The van der Waals surface area contributed by atoms with Gasteiger partial charge >= 0.3 is 0 Å². The van der Waals surface area contributed by atoms with Gasteiger partial charge < -0.3 is 15.1 Å². The van der Waals surface area contributed by atoms with Crippen molar-refractivity contribution < 1.29 is 10.2 Å². The van der Waals surface area contributed by atoms with Crippen molar-refractivity contribution >= 4 is 17.4 Å². The topological polar surface area (TPSA) is 80.4 Å². The molecule has 1 fully saturated rings. The van der Waals surface area contributed by atoms with Crippen molar-refractivity contribution in [2.45, 2.75) is 5.60 Å². The molecule has 21 heavy (non-hydrogen) atoms. The lowest BCUT2D eigenvalue weighted by Crippen LogP contribution is -2.60. The summed E-state index contributed by atoms with van der Waals surface area (Å²) < 4.78 is 0. The summed E-state index contributed by atoms with van der Waals surface area (Å²) in [7, 11) is 0. The Labute approximate surface area is 126 Å². The Kier molecular flexibility index (Phi) is 3.20. The summed E-state index contributed by atoms with van der Waals surface area (Å²) in [6, 6.07) is 11.7. The monoisotopic (exact) mass is 301 g/mol. The standard InChI is InChI=1S/C15H12ClN3O2/c16-13-6-11(20)4-5-12(13)15(21)8-19(9-15)14-3-1-2-10(7-17)18-14/h1-6,20-21H,8-9H2. The zero-order valence-electron chi connectivity index (χ0n) is 11.0. The predicted molar refractivity (Wildman–Crippen MR) is 78.2 cm³/mol. The molecule has 2 aromatic rings. The van der Waals surface area contributed by atoms with Crippen LogP contribution in [0.1, 0.15) is 11.3 Å². The molecule has 0 spiro atoms. The van der Waals surface area contributed by atoms with Crippen LogP contribution in [-0.2, 0) is 5.60 Å². The van der Waals surface area contributed by atoms with Crippen LogP contribution in [0.25, 0.3) is 0 Å². The second-order valence-electron chi connectivity index (χ2n) is 5.04. The van der Waals surface area contributed by atoms with Gasteiger partial charge in [0, 0.05) is 5.56 Å². The number of anilines is 1. The fourth-order valence-corrected chi connectivity index (χ4v) is 2.81. The van der Waals surface area contributed by atoms with E-state index in [9.17, 15) is 10.2 Å². The Bertz CT molecular complexity index is 736. The van der Waals surface area contributed by atoms with Crippen LogP contribution in [0.4, 0.5) is 5.82 Å². The van der Waals surface area contributed by atoms with Crippen LogP contribution >= 0.6 is 11.6 Å². The van der Waals surface area contributed by atoms with Crippen molar-refractivity contribution in [2.24, 2.45) is 0 Å². The summed E-state index contributed by atoms with van der Waals surface area (Å²) in [5.74, 6) is 0.709. The van der Waals surface area contributed by atoms with Crippen LogP contribution in [0, 0.1) is 11.3 Å². The summed E-state index contributed by atoms with van der Waals surface area (Å²) in [5, 5.41) is 29.2. The third-order valence-electron chi connectivity index (χ3n) is 3.53. The van der Waals surface area contributed by atoms with Crippen molar-refractivity contribution in [1.29, 1.82) is 5.26 Å². The Morgan fingerprint density at radius 1 is 1.29 bits per heavy atom. The Hall–Kier alpha value is -2.29. The molecular weight excluding hydrogens is 290 g/mol. The largest absolute Gasteiger partial charge is 0.508 e. The van der Waals surface area contributed by atoms with Gasteiger partial charge in [0.25, 0.3) is 0 Å². The number of hydrogen-bond acceptors (Lipinski definition) is 5. The van der Waals surface area contributed by atoms with Crippen LogP contribution < -0.4 is 4.90 Å². The first-order valence-corrected chi connectivity index (χ1v) is 6.73. The second-order valence-corrected chi connectivity index (χ2v) is 5.45. The Morgan fingerprint density at radius 3 is 2.71 bits per heavy atom. The zero-order valence-corrected chi connectivity index (χ0v) is 11.7. The molecule has 0 atom stereocenters. The molecule has 2 N–H and O–H groups in total. The highest BCUT2D eigenvalue weighted by Gasteiger charge is 2.44. The fourth-order valence-electron chi connectivity index (χ4n) is 2.46. The minimum Gasteiger partial charge on any atom is -0.508 e. The summed E-state index contributed by atoms with van der Waals surface area (Å²) in [4.78, 5) is 6.05. The number of hydrogen-bond donors (Lipinski definition) is 2. The van der Waals surface area contributed by atoms with Gasteiger partial charge in [0.2, 0.25) is 0 Å². The summed E-state index contributed by atoms with van der Waals surface area (Å²) in [6.07, 6.45) is 0. The highest BCUT2D eigenvalue weighted by atomic mass is 35.5. The maximum Gasteiger partial charge on any atom is 0.142 e. The van der Waals surface area contributed by atoms with Gasteiger partial charge in [-0.05, 0) is 24.3 Å². The molecule has 0 bridgehead atoms. The number of halogens is 1. The first-order valence-electron chi connectivity index (χ1n) is 6.35. The number of phenolic OH excluding ortho intramolecular Hbond substituents is 1. The van der Waals surface area contributed by atoms with Crippen molar-refractivity contribution in [1.82, 2.24) is 4.98 Å². The minimum absolute atomic E-state index is 0.0620. The maximum absolute atomic E-state index is 10.6. The van der Waals surface area contributed by atoms with Gasteiger partial charge in [0.15, 0.2) is 0 Å². The van der Waals surface area contributed by atoms with Gasteiger partial charge in [0.05, 0.1) is 18.1 Å². The number of aromatic nitrogens is 1. The number of β-amino-alcohol motifs (C(OH)–C–C–N with tert-alkyl or cyclic N) is 1. The van der Waals surface area contributed by atoms with E-state index >= 15 is 0 Å². The number of nitriles is 1. The second kappa shape index (κ2) is 4.92. The smallest absolute Gasteiger partial charge is 0.142 e. The van der Waals surface area contributed by atoms with Gasteiger partial charge in [-0.3, -0.25) is 0 Å². The molecule has 2 heterocycles. The molecule has 0 amide bonds. The molecule has 0 saturated carbocycles. The number of aliphatic hydroxyl groups is 1. The lowest BCUT2D eigenvalue weighted by Gasteiger charge is -2.47. The molecule has 0 aliphatic carbocycles. The molecular formula is C15H12ClN3O2. The molecule has 1 aromatic carbocycles. The average Bonchev–Trinajstić information content (AvgIpc) is 2.44. The maximum atomic E-state index is 10.6. The number of rotatable bonds is 2. The average molecular weight is 302 g/mol. The van der Waals surface area contributed by atoms with Gasteiger partial charge in [-0.25, -0.2) is 4.98 Å². The molecule has 3 rings (SSSR count). The normalized spacial score (nSPS) is 16.1. The van der Waals surface area contributed by atoms with E-state index in [0.717, 1.165) is 0 Å². The molecule has 5 nitrogen and oxygen atoms in total. The van der Waals surface area contributed by atoms with E-state index in [1.54, 1.807) is 24.3 Å². The number of phenols is 1. The SMILES string of the molecule is N#Cc1cccc(N2CC(O)(c3ccc(O)cc3Cl)C2)n1. The van der Waals surface area contributed by atoms with Crippen molar-refractivity contribution in [3.05, 3.63) is 52.7 Å². The van der Waals surface area contributed by atoms with Crippen LogP contribution in [0.5, 0.6) is 5.75 Å². The first kappa shape index (κ1) is 13.7. The lowest BCUT2D eigenvalue weighted by atomic mass is 9.86. The number of pyridine rings is 1. The van der Waals surface area contributed by atoms with Gasteiger partial charge in [-0.15, -0.1) is 0 Å². The molecule has 6 heteroatoms. The molecule has 0 radical (unpaired) electrons. The van der Waals surface area contributed by atoms with Gasteiger partial charge in [-0.2, -0.15) is 5.26 Å². The Morgan fingerprint density at radius 2 is 2.05 bits per heavy atom. The lowest BCUT2D eigenvalue weighted by molar-refractivity contribution is 0.00713. The van der Waals surface area contributed by atoms with Gasteiger partial charge in [0.1, 0.15) is 28.9 Å². The van der Waals surface area contributed by atoms with E-state index in [1.807, 2.05) is 11.0 Å². The number of nitrogens with zero attached hydrogens (tertiary/aromatic N) is 3. The quantitative estimate of drug-likeness (QED) is 0.887. The van der Waals surface area contributed by atoms with Crippen molar-refractivity contribution in [3.63, 3.8) is 0 Å². The van der Waals surface area contributed by atoms with Crippen LogP contribution in [0.3, 0.4) is 0 Å². The third-order valence-corrected chi connectivity index (χ3v) is 3.84. The summed E-state index contributed by atoms with van der Waals surface area (Å²) in [6.45, 7) is 0.665. The van der Waals surface area contributed by atoms with E-state index < -0.39 is 5.60 Å². The summed E-state index contributed by atoms with van der Waals surface area (Å²) in [5.41, 5.74) is -0.157. The van der Waals surface area contributed by atoms with E-state index in [2.05, 4.69) is 4.98 Å². The predicted octanol–water partition coefficient (Wildman–Crippen LogP) is 2.02. The van der Waals surface area contributed by atoms with Gasteiger partial charge in [-0.1, -0.05) is 23.7 Å². The molecule has 1 aromatic heterocycles. The first-order chi connectivity index (χ1) is 10.0. The number of aromatic hydroxyl groups is 1. The minimum atomic E-state index is -1.07.